The molecule has 1 unspecified atom stereocenters. The van der Waals surface area contributed by atoms with Crippen LogP contribution in [0.4, 0.5) is 11.4 Å². The summed E-state index contributed by atoms with van der Waals surface area (Å²) in [6, 6.07) is 8.67. The van der Waals surface area contributed by atoms with Crippen LogP contribution in [0.2, 0.25) is 5.02 Å². The fourth-order valence-corrected chi connectivity index (χ4v) is 2.86. The number of carbonyl (C=O) groups is 3. The molecule has 0 saturated heterocycles. The fraction of sp³-hybridized carbons (Fsp3) is 0.150. The van der Waals surface area contributed by atoms with Crippen LogP contribution in [-0.4, -0.2) is 50.1 Å². The molecule has 2 amide bonds. The molecule has 1 atom stereocenters. The zero-order valence-electron chi connectivity index (χ0n) is 17.1. The second kappa shape index (κ2) is 10.3. The van der Waals surface area contributed by atoms with Crippen molar-refractivity contribution in [3.05, 3.63) is 75.8 Å². The Morgan fingerprint density at radius 2 is 2.03 bits per heavy atom. The van der Waals surface area contributed by atoms with Gasteiger partial charge >= 0.3 is 5.97 Å². The Balaban J connectivity index is 1.56. The predicted molar refractivity (Wildman–Crippen MR) is 116 cm³/mol. The lowest BCUT2D eigenvalue weighted by Crippen LogP contribution is -2.40. The van der Waals surface area contributed by atoms with Crippen LogP contribution in [-0.2, 0) is 14.3 Å². The van der Waals surface area contributed by atoms with Crippen LogP contribution in [0, 0.1) is 10.1 Å². The SMILES string of the molecule is CC(NC(=O)c1cccc([N+](=O)[O-])c1)C(=O)OCC(=O)Nc1cc(Cl)ccc1-n1cncn1. The zero-order chi connectivity index (χ0) is 24.0. The van der Waals surface area contributed by atoms with Crippen molar-refractivity contribution in [2.24, 2.45) is 0 Å². The van der Waals surface area contributed by atoms with Crippen LogP contribution in [0.3, 0.4) is 0 Å². The molecule has 1 heterocycles. The summed E-state index contributed by atoms with van der Waals surface area (Å²) in [4.78, 5) is 50.8. The number of rotatable bonds is 8. The summed E-state index contributed by atoms with van der Waals surface area (Å²) in [5, 5.41) is 20.1. The first-order chi connectivity index (χ1) is 15.7. The van der Waals surface area contributed by atoms with Gasteiger partial charge in [-0.3, -0.25) is 19.7 Å². The second-order valence-electron chi connectivity index (χ2n) is 6.66. The summed E-state index contributed by atoms with van der Waals surface area (Å²) >= 11 is 6.00. The first-order valence-corrected chi connectivity index (χ1v) is 9.78. The number of nitrogens with one attached hydrogen (secondary N) is 2. The predicted octanol–water partition coefficient (Wildman–Crippen LogP) is 2.13. The minimum atomic E-state index is -1.11. The maximum absolute atomic E-state index is 12.3. The molecule has 2 N–H and O–H groups in total. The van der Waals surface area contributed by atoms with Crippen LogP contribution in [0.25, 0.3) is 5.69 Å². The van der Waals surface area contributed by atoms with Gasteiger partial charge < -0.3 is 15.4 Å². The van der Waals surface area contributed by atoms with Crippen molar-refractivity contribution in [3.8, 4) is 5.69 Å². The Kier molecular flexibility index (Phi) is 7.31. The highest BCUT2D eigenvalue weighted by Crippen LogP contribution is 2.23. The average molecular weight is 473 g/mol. The molecule has 3 rings (SSSR count). The first-order valence-electron chi connectivity index (χ1n) is 9.41. The third-order valence-electron chi connectivity index (χ3n) is 4.26. The van der Waals surface area contributed by atoms with E-state index in [4.69, 9.17) is 16.3 Å². The highest BCUT2D eigenvalue weighted by molar-refractivity contribution is 6.31. The molecule has 3 aromatic rings. The summed E-state index contributed by atoms with van der Waals surface area (Å²) < 4.78 is 6.38. The molecular formula is C20H17ClN6O6. The van der Waals surface area contributed by atoms with Gasteiger partial charge in [0, 0.05) is 22.7 Å². The maximum atomic E-state index is 12.3. The Labute approximate surface area is 191 Å². The number of nitro benzene ring substituents is 1. The van der Waals surface area contributed by atoms with Crippen LogP contribution in [0.5, 0.6) is 0 Å². The summed E-state index contributed by atoms with van der Waals surface area (Å²) in [6.45, 7) is 0.731. The third kappa shape index (κ3) is 6.11. The molecule has 0 aliphatic rings. The molecule has 0 aliphatic heterocycles. The number of halogens is 1. The van der Waals surface area contributed by atoms with Crippen LogP contribution < -0.4 is 10.6 Å². The van der Waals surface area contributed by atoms with Crippen molar-refractivity contribution in [3.63, 3.8) is 0 Å². The van der Waals surface area contributed by atoms with Gasteiger partial charge in [-0.05, 0) is 31.2 Å². The van der Waals surface area contributed by atoms with Gasteiger partial charge in [0.2, 0.25) is 0 Å². The molecule has 1 aromatic heterocycles. The third-order valence-corrected chi connectivity index (χ3v) is 4.50. The van der Waals surface area contributed by atoms with Crippen molar-refractivity contribution in [2.75, 3.05) is 11.9 Å². The number of anilines is 1. The monoisotopic (exact) mass is 472 g/mol. The van der Waals surface area contributed by atoms with E-state index >= 15 is 0 Å². The summed E-state index contributed by atoms with van der Waals surface area (Å²) in [5.41, 5.74) is 0.555. The number of carbonyl (C=O) groups excluding carboxylic acids is 3. The number of non-ortho nitro benzene ring substituents is 1. The van der Waals surface area contributed by atoms with E-state index in [-0.39, 0.29) is 11.3 Å². The van der Waals surface area contributed by atoms with Gasteiger partial charge in [0.1, 0.15) is 18.7 Å². The summed E-state index contributed by atoms with van der Waals surface area (Å²) in [5.74, 6) is -2.22. The Morgan fingerprint density at radius 3 is 2.73 bits per heavy atom. The topological polar surface area (TPSA) is 158 Å². The normalized spacial score (nSPS) is 11.3. The standard InChI is InChI=1S/C20H17ClN6O6/c1-12(24-19(29)13-3-2-4-15(7-13)27(31)32)20(30)33-9-18(28)25-16-8-14(21)5-6-17(16)26-11-22-10-23-26/h2-8,10-12H,9H2,1H3,(H,24,29)(H,25,28). The lowest BCUT2D eigenvalue weighted by Gasteiger charge is -2.14. The van der Waals surface area contributed by atoms with Gasteiger partial charge in [0.05, 0.1) is 16.3 Å². The maximum Gasteiger partial charge on any atom is 0.328 e. The lowest BCUT2D eigenvalue weighted by molar-refractivity contribution is -0.384. The van der Waals surface area contributed by atoms with E-state index in [0.717, 1.165) is 6.07 Å². The van der Waals surface area contributed by atoms with E-state index in [1.54, 1.807) is 12.1 Å². The number of amides is 2. The van der Waals surface area contributed by atoms with Gasteiger partial charge in [-0.1, -0.05) is 17.7 Å². The van der Waals surface area contributed by atoms with E-state index in [1.165, 1.54) is 48.5 Å². The highest BCUT2D eigenvalue weighted by Gasteiger charge is 2.20. The minimum Gasteiger partial charge on any atom is -0.454 e. The summed E-state index contributed by atoms with van der Waals surface area (Å²) in [7, 11) is 0. The first kappa shape index (κ1) is 23.3. The van der Waals surface area contributed by atoms with Gasteiger partial charge in [-0.2, -0.15) is 5.10 Å². The molecular weight excluding hydrogens is 456 g/mol. The van der Waals surface area contributed by atoms with Crippen molar-refractivity contribution in [1.29, 1.82) is 0 Å². The van der Waals surface area contributed by atoms with E-state index in [9.17, 15) is 24.5 Å². The van der Waals surface area contributed by atoms with Crippen molar-refractivity contribution >= 4 is 40.8 Å². The number of nitro groups is 1. The number of aromatic nitrogens is 3. The molecule has 0 fully saturated rings. The van der Waals surface area contributed by atoms with E-state index in [0.29, 0.717) is 16.4 Å². The number of ether oxygens (including phenoxy) is 1. The molecule has 0 radical (unpaired) electrons. The summed E-state index contributed by atoms with van der Waals surface area (Å²) in [6.07, 6.45) is 2.76. The highest BCUT2D eigenvalue weighted by atomic mass is 35.5. The number of esters is 1. The van der Waals surface area contributed by atoms with Gasteiger partial charge in [-0.25, -0.2) is 14.5 Å². The largest absolute Gasteiger partial charge is 0.454 e. The molecule has 0 aliphatic carbocycles. The van der Waals surface area contributed by atoms with Gasteiger partial charge in [-0.15, -0.1) is 0 Å². The number of hydrogen-bond donors (Lipinski definition) is 2. The molecule has 33 heavy (non-hydrogen) atoms. The Morgan fingerprint density at radius 1 is 1.24 bits per heavy atom. The van der Waals surface area contributed by atoms with Crippen LogP contribution in [0.1, 0.15) is 17.3 Å². The Bertz CT molecular complexity index is 1200. The molecule has 13 heteroatoms. The Hall–Kier alpha value is -4.32. The van der Waals surface area contributed by atoms with E-state index in [1.807, 2.05) is 0 Å². The minimum absolute atomic E-state index is 0.00295. The molecule has 2 aromatic carbocycles. The molecule has 0 bridgehead atoms. The second-order valence-corrected chi connectivity index (χ2v) is 7.10. The van der Waals surface area contributed by atoms with Crippen molar-refractivity contribution < 1.29 is 24.0 Å². The van der Waals surface area contributed by atoms with E-state index < -0.39 is 35.4 Å². The molecule has 12 nitrogen and oxygen atoms in total. The van der Waals surface area contributed by atoms with E-state index in [2.05, 4.69) is 20.7 Å². The fourth-order valence-electron chi connectivity index (χ4n) is 2.69. The van der Waals surface area contributed by atoms with Crippen molar-refractivity contribution in [1.82, 2.24) is 20.1 Å². The quantitative estimate of drug-likeness (QED) is 0.286. The zero-order valence-corrected chi connectivity index (χ0v) is 17.9. The van der Waals surface area contributed by atoms with Gasteiger partial charge in [0.25, 0.3) is 17.5 Å². The lowest BCUT2D eigenvalue weighted by atomic mass is 10.2. The molecule has 0 spiro atoms. The number of nitrogens with zero attached hydrogens (tertiary/aromatic N) is 4. The number of hydrogen-bond acceptors (Lipinski definition) is 8. The number of benzene rings is 2. The van der Waals surface area contributed by atoms with Crippen LogP contribution in [0.15, 0.2) is 55.1 Å². The van der Waals surface area contributed by atoms with Crippen molar-refractivity contribution in [2.45, 2.75) is 13.0 Å². The average Bonchev–Trinajstić information content (AvgIpc) is 3.32. The van der Waals surface area contributed by atoms with Gasteiger partial charge in [0.15, 0.2) is 6.61 Å². The smallest absolute Gasteiger partial charge is 0.328 e. The molecule has 170 valence electrons. The molecule has 0 saturated carbocycles. The van der Waals surface area contributed by atoms with Crippen LogP contribution >= 0.6 is 11.6 Å².